The highest BCUT2D eigenvalue weighted by molar-refractivity contribution is 5.11. The predicted octanol–water partition coefficient (Wildman–Crippen LogP) is 2.04. The molecular weight excluding hydrogens is 294 g/mol. The molecule has 0 N–H and O–H groups in total. The Morgan fingerprint density at radius 2 is 2.04 bits per heavy atom. The Hall–Kier alpha value is -1.24. The quantitative estimate of drug-likeness (QED) is 0.799. The van der Waals surface area contributed by atoms with Crippen molar-refractivity contribution in [2.45, 2.75) is 50.9 Å². The molecule has 23 heavy (non-hydrogen) atoms. The third-order valence-corrected chi connectivity index (χ3v) is 4.62. The van der Waals surface area contributed by atoms with Crippen molar-refractivity contribution in [3.8, 4) is 5.88 Å². The molecule has 1 atom stereocenters. The number of hydrogen-bond donors (Lipinski definition) is 0. The van der Waals surface area contributed by atoms with E-state index in [4.69, 9.17) is 14.2 Å². The van der Waals surface area contributed by atoms with Crippen LogP contribution in [0, 0.1) is 0 Å². The van der Waals surface area contributed by atoms with Crippen LogP contribution < -0.4 is 4.74 Å². The number of nitrogens with zero attached hydrogens (tertiary/aromatic N) is 3. The molecule has 2 saturated heterocycles. The molecule has 0 amide bonds. The molecule has 1 aromatic rings. The maximum atomic E-state index is 6.06. The van der Waals surface area contributed by atoms with Gasteiger partial charge in [-0.25, -0.2) is 0 Å². The zero-order chi connectivity index (χ0) is 15.9. The third kappa shape index (κ3) is 5.12. The van der Waals surface area contributed by atoms with Gasteiger partial charge in [-0.1, -0.05) is 0 Å². The molecule has 0 aromatic carbocycles. The van der Waals surface area contributed by atoms with Crippen molar-refractivity contribution in [2.75, 3.05) is 33.4 Å². The summed E-state index contributed by atoms with van der Waals surface area (Å²) >= 11 is 0. The topological polar surface area (TPSA) is 56.7 Å². The normalized spacial score (nSPS) is 23.8. The summed E-state index contributed by atoms with van der Waals surface area (Å²) in [6.07, 6.45) is 6.47. The molecule has 2 aliphatic heterocycles. The Morgan fingerprint density at radius 1 is 1.17 bits per heavy atom. The predicted molar refractivity (Wildman–Crippen MR) is 86.4 cm³/mol. The smallest absolute Gasteiger partial charge is 0.233 e. The first kappa shape index (κ1) is 16.6. The summed E-state index contributed by atoms with van der Waals surface area (Å²) in [7, 11) is 1.60. The Balaban J connectivity index is 1.36. The van der Waals surface area contributed by atoms with E-state index in [1.165, 1.54) is 12.8 Å². The van der Waals surface area contributed by atoms with E-state index < -0.39 is 0 Å². The SMILES string of the molecule is COc1ccc(CN2CCC(OC[C@@H]3CCCCO3)CC2)nn1. The maximum absolute atomic E-state index is 6.06. The van der Waals surface area contributed by atoms with Gasteiger partial charge < -0.3 is 14.2 Å². The summed E-state index contributed by atoms with van der Waals surface area (Å²) in [5.74, 6) is 0.561. The molecule has 0 unspecified atom stereocenters. The zero-order valence-electron chi connectivity index (χ0n) is 13.9. The van der Waals surface area contributed by atoms with Crippen molar-refractivity contribution in [1.82, 2.24) is 15.1 Å². The number of hydrogen-bond acceptors (Lipinski definition) is 6. The molecule has 3 heterocycles. The highest BCUT2D eigenvalue weighted by atomic mass is 16.5. The average Bonchev–Trinajstić information content (AvgIpc) is 2.63. The number of aromatic nitrogens is 2. The Morgan fingerprint density at radius 3 is 2.70 bits per heavy atom. The van der Waals surface area contributed by atoms with Gasteiger partial charge in [-0.15, -0.1) is 5.10 Å². The summed E-state index contributed by atoms with van der Waals surface area (Å²) < 4.78 is 16.8. The summed E-state index contributed by atoms with van der Waals surface area (Å²) in [6, 6.07) is 3.84. The summed E-state index contributed by atoms with van der Waals surface area (Å²) in [5, 5.41) is 8.22. The second kappa shape index (κ2) is 8.57. The highest BCUT2D eigenvalue weighted by Gasteiger charge is 2.22. The van der Waals surface area contributed by atoms with Crippen LogP contribution in [-0.2, 0) is 16.0 Å². The lowest BCUT2D eigenvalue weighted by Crippen LogP contribution is -2.38. The molecule has 0 aliphatic carbocycles. The van der Waals surface area contributed by atoms with Crippen LogP contribution in [0.1, 0.15) is 37.8 Å². The largest absolute Gasteiger partial charge is 0.480 e. The fourth-order valence-electron chi connectivity index (χ4n) is 3.19. The fraction of sp³-hybridized carbons (Fsp3) is 0.765. The van der Waals surface area contributed by atoms with Gasteiger partial charge in [0.25, 0.3) is 0 Å². The van der Waals surface area contributed by atoms with E-state index in [1.54, 1.807) is 7.11 Å². The van der Waals surface area contributed by atoms with Gasteiger partial charge in [-0.2, -0.15) is 5.10 Å². The molecule has 0 spiro atoms. The van der Waals surface area contributed by atoms with E-state index in [1.807, 2.05) is 12.1 Å². The van der Waals surface area contributed by atoms with Crippen molar-refractivity contribution < 1.29 is 14.2 Å². The van der Waals surface area contributed by atoms with Crippen LogP contribution in [0.4, 0.5) is 0 Å². The van der Waals surface area contributed by atoms with Crippen molar-refractivity contribution >= 4 is 0 Å². The van der Waals surface area contributed by atoms with Crippen LogP contribution in [0.15, 0.2) is 12.1 Å². The van der Waals surface area contributed by atoms with Gasteiger partial charge >= 0.3 is 0 Å². The highest BCUT2D eigenvalue weighted by Crippen LogP contribution is 2.19. The maximum Gasteiger partial charge on any atom is 0.233 e. The lowest BCUT2D eigenvalue weighted by atomic mass is 10.1. The number of likely N-dealkylation sites (tertiary alicyclic amines) is 1. The van der Waals surface area contributed by atoms with Gasteiger partial charge in [-0.3, -0.25) is 4.90 Å². The third-order valence-electron chi connectivity index (χ3n) is 4.62. The molecule has 0 saturated carbocycles. The number of ether oxygens (including phenoxy) is 3. The first-order valence-corrected chi connectivity index (χ1v) is 8.65. The summed E-state index contributed by atoms with van der Waals surface area (Å²) in [4.78, 5) is 2.41. The molecule has 3 rings (SSSR count). The minimum Gasteiger partial charge on any atom is -0.480 e. The van der Waals surface area contributed by atoms with Crippen molar-refractivity contribution in [3.63, 3.8) is 0 Å². The molecular formula is C17H27N3O3. The lowest BCUT2D eigenvalue weighted by molar-refractivity contribution is -0.0754. The minimum atomic E-state index is 0.316. The molecule has 128 valence electrons. The van der Waals surface area contributed by atoms with Crippen LogP contribution >= 0.6 is 0 Å². The molecule has 0 bridgehead atoms. The Bertz CT molecular complexity index is 455. The molecule has 2 aliphatic rings. The van der Waals surface area contributed by atoms with Crippen LogP contribution in [0.3, 0.4) is 0 Å². The Labute approximate surface area is 138 Å². The van der Waals surface area contributed by atoms with Crippen LogP contribution in [0.5, 0.6) is 5.88 Å². The second-order valence-electron chi connectivity index (χ2n) is 6.36. The van der Waals surface area contributed by atoms with Gasteiger partial charge in [0.2, 0.25) is 5.88 Å². The standard InChI is InChI=1S/C17H27N3O3/c1-21-17-6-5-14(18-19-17)12-20-9-7-15(8-10-20)23-13-16-4-2-3-11-22-16/h5-6,15-16H,2-4,7-13H2,1H3/t16-/m0/s1. The van der Waals surface area contributed by atoms with Gasteiger partial charge in [0.15, 0.2) is 0 Å². The average molecular weight is 321 g/mol. The number of piperidine rings is 1. The van der Waals surface area contributed by atoms with Crippen LogP contribution in [0.2, 0.25) is 0 Å². The summed E-state index contributed by atoms with van der Waals surface area (Å²) in [6.45, 7) is 4.59. The van der Waals surface area contributed by atoms with Crippen LogP contribution in [0.25, 0.3) is 0 Å². The van der Waals surface area contributed by atoms with Crippen LogP contribution in [-0.4, -0.2) is 60.7 Å². The second-order valence-corrected chi connectivity index (χ2v) is 6.36. The van der Waals surface area contributed by atoms with Crippen molar-refractivity contribution in [2.24, 2.45) is 0 Å². The first-order valence-electron chi connectivity index (χ1n) is 8.65. The van der Waals surface area contributed by atoms with E-state index in [-0.39, 0.29) is 0 Å². The number of rotatable bonds is 6. The van der Waals surface area contributed by atoms with Gasteiger partial charge in [0.05, 0.1) is 31.6 Å². The van der Waals surface area contributed by atoms with Crippen molar-refractivity contribution in [3.05, 3.63) is 17.8 Å². The summed E-state index contributed by atoms with van der Waals surface area (Å²) in [5.41, 5.74) is 0.987. The monoisotopic (exact) mass is 321 g/mol. The van der Waals surface area contributed by atoms with E-state index in [0.717, 1.165) is 57.8 Å². The van der Waals surface area contributed by atoms with E-state index >= 15 is 0 Å². The van der Waals surface area contributed by atoms with Gasteiger partial charge in [-0.05, 0) is 38.2 Å². The molecule has 1 aromatic heterocycles. The lowest BCUT2D eigenvalue weighted by Gasteiger charge is -2.32. The molecule has 0 radical (unpaired) electrons. The van der Waals surface area contributed by atoms with E-state index in [0.29, 0.717) is 18.1 Å². The first-order chi connectivity index (χ1) is 11.3. The molecule has 6 heteroatoms. The van der Waals surface area contributed by atoms with E-state index in [2.05, 4.69) is 15.1 Å². The fourth-order valence-corrected chi connectivity index (χ4v) is 3.19. The van der Waals surface area contributed by atoms with E-state index in [9.17, 15) is 0 Å². The zero-order valence-corrected chi connectivity index (χ0v) is 13.9. The Kier molecular flexibility index (Phi) is 6.19. The van der Waals surface area contributed by atoms with Gasteiger partial charge in [0, 0.05) is 32.3 Å². The molecule has 6 nitrogen and oxygen atoms in total. The van der Waals surface area contributed by atoms with Crippen molar-refractivity contribution in [1.29, 1.82) is 0 Å². The minimum absolute atomic E-state index is 0.316. The number of methoxy groups -OCH3 is 1. The molecule has 2 fully saturated rings. The van der Waals surface area contributed by atoms with Gasteiger partial charge in [0.1, 0.15) is 0 Å².